The molecule has 1 saturated heterocycles. The van der Waals surface area contributed by atoms with Gasteiger partial charge in [0.1, 0.15) is 11.6 Å². The third-order valence-electron chi connectivity index (χ3n) is 4.76. The van der Waals surface area contributed by atoms with Gasteiger partial charge >= 0.3 is 0 Å². The van der Waals surface area contributed by atoms with E-state index in [-0.39, 0.29) is 25.9 Å². The van der Waals surface area contributed by atoms with Crippen LogP contribution in [0.15, 0.2) is 48.5 Å². The second kappa shape index (κ2) is 7.91. The molecule has 2 aromatic rings. The van der Waals surface area contributed by atoms with Gasteiger partial charge in [-0.1, -0.05) is 36.4 Å². The first-order valence-electron chi connectivity index (χ1n) is 8.64. The number of nitrogens with zero attached hydrogens (tertiary/aromatic N) is 1. The van der Waals surface area contributed by atoms with Gasteiger partial charge in [-0.3, -0.25) is 9.69 Å². The molecule has 1 N–H and O–H groups in total. The van der Waals surface area contributed by atoms with Gasteiger partial charge < -0.3 is 5.32 Å². The number of nitrogens with one attached hydrogen (secondary N) is 1. The van der Waals surface area contributed by atoms with Gasteiger partial charge in [-0.2, -0.15) is 0 Å². The molecule has 0 bridgehead atoms. The van der Waals surface area contributed by atoms with E-state index in [0.29, 0.717) is 18.7 Å². The van der Waals surface area contributed by atoms with Crippen LogP contribution in [-0.2, 0) is 17.9 Å². The molecule has 26 heavy (non-hydrogen) atoms. The molecule has 0 saturated carbocycles. The van der Waals surface area contributed by atoms with E-state index in [0.717, 1.165) is 11.6 Å². The number of benzene rings is 2. The van der Waals surface area contributed by atoms with Crippen molar-refractivity contribution in [3.8, 4) is 0 Å². The molecule has 3 nitrogen and oxygen atoms in total. The molecule has 1 amide bonds. The van der Waals surface area contributed by atoms with Crippen LogP contribution in [0.5, 0.6) is 0 Å². The third kappa shape index (κ3) is 4.43. The Bertz CT molecular complexity index is 759. The minimum atomic E-state index is -1.91. The first-order valence-corrected chi connectivity index (χ1v) is 8.64. The van der Waals surface area contributed by atoms with Gasteiger partial charge in [0.05, 0.1) is 0 Å². The maximum Gasteiger partial charge on any atom is 0.258 e. The molecule has 0 atom stereocenters. The molecule has 1 fully saturated rings. The largest absolute Gasteiger partial charge is 0.349 e. The molecule has 1 heterocycles. The smallest absolute Gasteiger partial charge is 0.258 e. The van der Waals surface area contributed by atoms with Gasteiger partial charge in [-0.25, -0.2) is 13.2 Å². The van der Waals surface area contributed by atoms with Crippen molar-refractivity contribution < 1.29 is 18.0 Å². The van der Waals surface area contributed by atoms with E-state index in [1.165, 1.54) is 12.1 Å². The van der Waals surface area contributed by atoms with Crippen molar-refractivity contribution in [1.29, 1.82) is 0 Å². The number of amides is 1. The van der Waals surface area contributed by atoms with Crippen LogP contribution in [0, 0.1) is 11.6 Å². The summed E-state index contributed by atoms with van der Waals surface area (Å²) in [5.41, 5.74) is -0.632. The third-order valence-corrected chi connectivity index (χ3v) is 4.76. The Kier molecular flexibility index (Phi) is 5.61. The van der Waals surface area contributed by atoms with Crippen molar-refractivity contribution in [1.82, 2.24) is 10.2 Å². The van der Waals surface area contributed by atoms with Crippen LogP contribution in [0.1, 0.15) is 24.0 Å². The predicted molar refractivity (Wildman–Crippen MR) is 93.0 cm³/mol. The Morgan fingerprint density at radius 2 is 1.77 bits per heavy atom. The second-order valence-electron chi connectivity index (χ2n) is 6.65. The van der Waals surface area contributed by atoms with E-state index >= 15 is 0 Å². The van der Waals surface area contributed by atoms with E-state index in [1.54, 1.807) is 0 Å². The lowest BCUT2D eigenvalue weighted by Gasteiger charge is -2.35. The van der Waals surface area contributed by atoms with Gasteiger partial charge in [-0.15, -0.1) is 0 Å². The highest BCUT2D eigenvalue weighted by Crippen LogP contribution is 2.28. The predicted octanol–water partition coefficient (Wildman–Crippen LogP) is 3.59. The molecule has 0 aliphatic carbocycles. The highest BCUT2D eigenvalue weighted by Gasteiger charge is 2.41. The molecule has 1 aliphatic rings. The second-order valence-corrected chi connectivity index (χ2v) is 6.65. The molecule has 6 heteroatoms. The van der Waals surface area contributed by atoms with E-state index < -0.39 is 23.2 Å². The minimum Gasteiger partial charge on any atom is -0.349 e. The highest BCUT2D eigenvalue weighted by molar-refractivity contribution is 5.85. The van der Waals surface area contributed by atoms with Gasteiger partial charge in [0.25, 0.3) is 5.91 Å². The first-order chi connectivity index (χ1) is 12.5. The first kappa shape index (κ1) is 18.5. The molecule has 3 rings (SSSR count). The normalized spacial score (nSPS) is 17.0. The van der Waals surface area contributed by atoms with Crippen LogP contribution in [0.3, 0.4) is 0 Å². The SMILES string of the molecule is O=C(NCc1ccccc1)C1(F)CCN(Cc2ccc(F)cc2F)CC1. The Morgan fingerprint density at radius 1 is 1.08 bits per heavy atom. The van der Waals surface area contributed by atoms with Gasteiger partial charge in [0.15, 0.2) is 5.67 Å². The average molecular weight is 362 g/mol. The minimum absolute atomic E-state index is 0.0520. The van der Waals surface area contributed by atoms with E-state index in [1.807, 2.05) is 35.2 Å². The molecule has 0 spiro atoms. The topological polar surface area (TPSA) is 32.3 Å². The summed E-state index contributed by atoms with van der Waals surface area (Å²) in [6.45, 7) is 1.24. The number of hydrogen-bond donors (Lipinski definition) is 1. The molecule has 0 unspecified atom stereocenters. The fraction of sp³-hybridized carbons (Fsp3) is 0.350. The van der Waals surface area contributed by atoms with Crippen molar-refractivity contribution >= 4 is 5.91 Å². The summed E-state index contributed by atoms with van der Waals surface area (Å²) >= 11 is 0. The lowest BCUT2D eigenvalue weighted by Crippen LogP contribution is -2.50. The molecule has 0 aromatic heterocycles. The summed E-state index contributed by atoms with van der Waals surface area (Å²) in [5.74, 6) is -1.83. The lowest BCUT2D eigenvalue weighted by atomic mass is 9.92. The Hall–Kier alpha value is -2.34. The van der Waals surface area contributed by atoms with Crippen LogP contribution in [0.2, 0.25) is 0 Å². The van der Waals surface area contributed by atoms with Gasteiger partial charge in [-0.05, 0) is 11.6 Å². The Labute approximate surface area is 150 Å². The van der Waals surface area contributed by atoms with E-state index in [4.69, 9.17) is 0 Å². The fourth-order valence-corrected chi connectivity index (χ4v) is 3.12. The zero-order valence-corrected chi connectivity index (χ0v) is 14.4. The van der Waals surface area contributed by atoms with E-state index in [9.17, 15) is 18.0 Å². The summed E-state index contributed by atoms with van der Waals surface area (Å²) in [5, 5.41) is 2.65. The van der Waals surface area contributed by atoms with Crippen LogP contribution in [0.25, 0.3) is 0 Å². The molecular formula is C20H21F3N2O. The molecular weight excluding hydrogens is 341 g/mol. The Balaban J connectivity index is 1.52. The number of rotatable bonds is 5. The number of likely N-dealkylation sites (tertiary alicyclic amines) is 1. The summed E-state index contributed by atoms with van der Waals surface area (Å²) < 4.78 is 41.7. The summed E-state index contributed by atoms with van der Waals surface area (Å²) in [6.07, 6.45) is 0.104. The quantitative estimate of drug-likeness (QED) is 0.882. The van der Waals surface area contributed by atoms with Crippen molar-refractivity contribution in [2.24, 2.45) is 0 Å². The molecule has 0 radical (unpaired) electrons. The highest BCUT2D eigenvalue weighted by atomic mass is 19.1. The van der Waals surface area contributed by atoms with Crippen molar-refractivity contribution in [3.05, 3.63) is 71.3 Å². The van der Waals surface area contributed by atoms with Gasteiger partial charge in [0, 0.05) is 50.7 Å². The molecule has 1 aliphatic heterocycles. The number of carbonyl (C=O) groups excluding carboxylic acids is 1. The van der Waals surface area contributed by atoms with E-state index in [2.05, 4.69) is 5.32 Å². The van der Waals surface area contributed by atoms with Crippen molar-refractivity contribution in [2.75, 3.05) is 13.1 Å². The van der Waals surface area contributed by atoms with Crippen LogP contribution in [-0.4, -0.2) is 29.6 Å². The maximum absolute atomic E-state index is 15.0. The zero-order chi connectivity index (χ0) is 18.6. The zero-order valence-electron chi connectivity index (χ0n) is 14.4. The van der Waals surface area contributed by atoms with Crippen molar-refractivity contribution in [3.63, 3.8) is 0 Å². The lowest BCUT2D eigenvalue weighted by molar-refractivity contribution is -0.136. The standard InChI is InChI=1S/C20H21F3N2O/c21-17-7-6-16(18(22)12-17)14-25-10-8-20(23,9-11-25)19(26)24-13-15-4-2-1-3-5-15/h1-7,12H,8-11,13-14H2,(H,24,26). The van der Waals surface area contributed by atoms with Crippen LogP contribution in [0.4, 0.5) is 13.2 Å². The van der Waals surface area contributed by atoms with Gasteiger partial charge in [0.2, 0.25) is 0 Å². The summed E-state index contributed by atoms with van der Waals surface area (Å²) in [6, 6.07) is 12.8. The average Bonchev–Trinajstić information content (AvgIpc) is 2.64. The maximum atomic E-state index is 15.0. The number of carbonyl (C=O) groups is 1. The monoisotopic (exact) mass is 362 g/mol. The van der Waals surface area contributed by atoms with Crippen LogP contribution < -0.4 is 5.32 Å². The molecule has 2 aromatic carbocycles. The number of hydrogen-bond acceptors (Lipinski definition) is 2. The summed E-state index contributed by atoms with van der Waals surface area (Å²) in [7, 11) is 0. The van der Waals surface area contributed by atoms with Crippen LogP contribution >= 0.6 is 0 Å². The number of piperidine rings is 1. The number of halogens is 3. The summed E-state index contributed by atoms with van der Waals surface area (Å²) in [4.78, 5) is 14.1. The van der Waals surface area contributed by atoms with Crippen molar-refractivity contribution in [2.45, 2.75) is 31.6 Å². The Morgan fingerprint density at radius 3 is 2.42 bits per heavy atom. The number of alkyl halides is 1. The fourth-order valence-electron chi connectivity index (χ4n) is 3.12. The molecule has 138 valence electrons.